The lowest BCUT2D eigenvalue weighted by molar-refractivity contribution is 0.0818. The van der Waals surface area contributed by atoms with Crippen molar-refractivity contribution in [3.05, 3.63) is 29.8 Å². The van der Waals surface area contributed by atoms with Crippen LogP contribution in [0.1, 0.15) is 25.3 Å². The van der Waals surface area contributed by atoms with Crippen LogP contribution in [0.4, 0.5) is 8.78 Å². The van der Waals surface area contributed by atoms with E-state index in [1.54, 1.807) is 18.2 Å². The van der Waals surface area contributed by atoms with Gasteiger partial charge in [0.15, 0.2) is 5.96 Å². The fourth-order valence-corrected chi connectivity index (χ4v) is 3.57. The van der Waals surface area contributed by atoms with Gasteiger partial charge in [0.1, 0.15) is 12.4 Å². The number of hydrogen-bond acceptors (Lipinski definition) is 3. The van der Waals surface area contributed by atoms with E-state index < -0.39 is 13.0 Å². The maximum absolute atomic E-state index is 12.3. The zero-order chi connectivity index (χ0) is 18.4. The summed E-state index contributed by atoms with van der Waals surface area (Å²) >= 11 is 0. The van der Waals surface area contributed by atoms with E-state index in [0.29, 0.717) is 12.3 Å². The van der Waals surface area contributed by atoms with Crippen molar-refractivity contribution in [2.75, 3.05) is 39.5 Å². The molecule has 2 fully saturated rings. The zero-order valence-electron chi connectivity index (χ0n) is 15.2. The molecule has 3 rings (SSSR count). The second-order valence-corrected chi connectivity index (χ2v) is 6.99. The van der Waals surface area contributed by atoms with Crippen LogP contribution in [0.3, 0.4) is 0 Å². The molecular weight excluding hydrogens is 340 g/mol. The Bertz CT molecular complexity index is 619. The molecule has 1 aromatic carbocycles. The summed E-state index contributed by atoms with van der Waals surface area (Å²) < 4.78 is 35.3. The predicted octanol–water partition coefficient (Wildman–Crippen LogP) is 2.91. The van der Waals surface area contributed by atoms with Gasteiger partial charge in [-0.15, -0.1) is 0 Å². The van der Waals surface area contributed by atoms with Crippen LogP contribution < -0.4 is 10.1 Å². The van der Waals surface area contributed by atoms with Gasteiger partial charge >= 0.3 is 0 Å². The zero-order valence-corrected chi connectivity index (χ0v) is 15.2. The molecule has 1 spiro atoms. The van der Waals surface area contributed by atoms with Crippen molar-refractivity contribution in [3.63, 3.8) is 0 Å². The summed E-state index contributed by atoms with van der Waals surface area (Å²) in [6.07, 6.45) is -0.222. The van der Waals surface area contributed by atoms with Crippen molar-refractivity contribution in [1.82, 2.24) is 10.2 Å². The monoisotopic (exact) mass is 367 g/mol. The highest BCUT2D eigenvalue weighted by atomic mass is 19.3. The number of ether oxygens (including phenoxy) is 2. The largest absolute Gasteiger partial charge is 0.488 e. The van der Waals surface area contributed by atoms with Crippen LogP contribution in [0.25, 0.3) is 0 Å². The summed E-state index contributed by atoms with van der Waals surface area (Å²) in [5, 5.41) is 3.36. The Morgan fingerprint density at radius 2 is 2.31 bits per heavy atom. The molecule has 2 heterocycles. The normalized spacial score (nSPS) is 23.2. The second-order valence-electron chi connectivity index (χ2n) is 6.99. The first kappa shape index (κ1) is 18.9. The fraction of sp³-hybridized carbons (Fsp3) is 0.632. The number of guanidine groups is 1. The van der Waals surface area contributed by atoms with Gasteiger partial charge in [0.05, 0.1) is 13.2 Å². The number of hydrogen-bond donors (Lipinski definition) is 1. The Kier molecular flexibility index (Phi) is 6.29. The lowest BCUT2D eigenvalue weighted by Crippen LogP contribution is -2.41. The minimum atomic E-state index is -2.47. The molecule has 0 bridgehead atoms. The van der Waals surface area contributed by atoms with Gasteiger partial charge in [0, 0.05) is 31.7 Å². The second kappa shape index (κ2) is 8.66. The Morgan fingerprint density at radius 3 is 3.04 bits per heavy atom. The lowest BCUT2D eigenvalue weighted by atomic mass is 9.87. The van der Waals surface area contributed by atoms with Crippen LogP contribution in [0, 0.1) is 5.41 Å². The third kappa shape index (κ3) is 4.84. The Balaban J connectivity index is 1.63. The molecular formula is C19H27F2N3O2. The van der Waals surface area contributed by atoms with E-state index in [9.17, 15) is 8.78 Å². The molecule has 144 valence electrons. The topological polar surface area (TPSA) is 46.1 Å². The van der Waals surface area contributed by atoms with Gasteiger partial charge in [-0.2, -0.15) is 0 Å². The maximum Gasteiger partial charge on any atom is 0.272 e. The molecule has 7 heteroatoms. The summed E-state index contributed by atoms with van der Waals surface area (Å²) in [7, 11) is 0. The van der Waals surface area contributed by atoms with Gasteiger partial charge in [-0.05, 0) is 37.5 Å². The van der Waals surface area contributed by atoms with Crippen LogP contribution in [0.2, 0.25) is 0 Å². The summed E-state index contributed by atoms with van der Waals surface area (Å²) in [6, 6.07) is 7.19. The standard InChI is InChI=1S/C19H27F2N3O2/c1-2-22-18(24-8-6-19(13-24)7-9-25-14-19)23-11-15-4-3-5-16(10-15)26-12-17(20)21/h3-5,10,17H,2,6-9,11-14H2,1H3,(H,22,23). The Hall–Kier alpha value is -1.89. The molecule has 26 heavy (non-hydrogen) atoms. The van der Waals surface area contributed by atoms with Gasteiger partial charge < -0.3 is 19.7 Å². The van der Waals surface area contributed by atoms with E-state index in [4.69, 9.17) is 14.5 Å². The molecule has 0 aliphatic carbocycles. The first-order chi connectivity index (χ1) is 12.6. The number of aliphatic imine (C=N–C) groups is 1. The minimum Gasteiger partial charge on any atom is -0.488 e. The number of halogens is 2. The molecule has 0 aromatic heterocycles. The Labute approximate surface area is 153 Å². The van der Waals surface area contributed by atoms with Gasteiger partial charge in [-0.1, -0.05) is 12.1 Å². The average Bonchev–Trinajstić information content (AvgIpc) is 3.27. The molecule has 1 atom stereocenters. The first-order valence-electron chi connectivity index (χ1n) is 9.21. The third-order valence-electron chi connectivity index (χ3n) is 4.94. The third-order valence-corrected chi connectivity index (χ3v) is 4.94. The highest BCUT2D eigenvalue weighted by Crippen LogP contribution is 2.38. The summed E-state index contributed by atoms with van der Waals surface area (Å²) in [4.78, 5) is 7.04. The minimum absolute atomic E-state index is 0.277. The van der Waals surface area contributed by atoms with E-state index in [0.717, 1.165) is 57.2 Å². The molecule has 0 saturated carbocycles. The number of rotatable bonds is 6. The van der Waals surface area contributed by atoms with Crippen LogP contribution in [-0.4, -0.2) is 56.7 Å². The number of likely N-dealkylation sites (tertiary alicyclic amines) is 1. The van der Waals surface area contributed by atoms with Gasteiger partial charge in [0.25, 0.3) is 6.43 Å². The molecule has 0 amide bonds. The van der Waals surface area contributed by atoms with E-state index in [1.807, 2.05) is 6.07 Å². The lowest BCUT2D eigenvalue weighted by Gasteiger charge is -2.25. The van der Waals surface area contributed by atoms with Crippen molar-refractivity contribution >= 4 is 5.96 Å². The van der Waals surface area contributed by atoms with Crippen molar-refractivity contribution in [2.24, 2.45) is 10.4 Å². The van der Waals surface area contributed by atoms with Crippen LogP contribution in [-0.2, 0) is 11.3 Å². The van der Waals surface area contributed by atoms with Crippen molar-refractivity contribution in [2.45, 2.75) is 32.7 Å². The highest BCUT2D eigenvalue weighted by Gasteiger charge is 2.42. The van der Waals surface area contributed by atoms with E-state index in [-0.39, 0.29) is 5.41 Å². The fourth-order valence-electron chi connectivity index (χ4n) is 3.57. The van der Waals surface area contributed by atoms with Crippen LogP contribution >= 0.6 is 0 Å². The van der Waals surface area contributed by atoms with Crippen molar-refractivity contribution in [3.8, 4) is 5.75 Å². The van der Waals surface area contributed by atoms with Gasteiger partial charge in [0.2, 0.25) is 0 Å². The molecule has 2 saturated heterocycles. The molecule has 2 aliphatic heterocycles. The molecule has 5 nitrogen and oxygen atoms in total. The number of nitrogens with zero attached hydrogens (tertiary/aromatic N) is 2. The number of alkyl halides is 2. The van der Waals surface area contributed by atoms with Crippen LogP contribution in [0.5, 0.6) is 5.75 Å². The summed E-state index contributed by atoms with van der Waals surface area (Å²) in [5.74, 6) is 1.35. The van der Waals surface area contributed by atoms with Gasteiger partial charge in [-0.25, -0.2) is 13.8 Å². The molecule has 1 aromatic rings. The van der Waals surface area contributed by atoms with E-state index in [1.165, 1.54) is 0 Å². The number of nitrogens with one attached hydrogen (secondary N) is 1. The smallest absolute Gasteiger partial charge is 0.272 e. The van der Waals surface area contributed by atoms with Crippen molar-refractivity contribution in [1.29, 1.82) is 0 Å². The summed E-state index contributed by atoms with van der Waals surface area (Å²) in [6.45, 7) is 6.39. The first-order valence-corrected chi connectivity index (χ1v) is 9.21. The molecule has 2 aliphatic rings. The SMILES string of the molecule is CCNC(=NCc1cccc(OCC(F)F)c1)N1CCC2(CCOC2)C1. The maximum atomic E-state index is 12.3. The quantitative estimate of drug-likeness (QED) is 0.620. The summed E-state index contributed by atoms with van der Waals surface area (Å²) in [5.41, 5.74) is 1.21. The van der Waals surface area contributed by atoms with E-state index >= 15 is 0 Å². The molecule has 0 radical (unpaired) electrons. The highest BCUT2D eigenvalue weighted by molar-refractivity contribution is 5.80. The van der Waals surface area contributed by atoms with Crippen LogP contribution in [0.15, 0.2) is 29.3 Å². The van der Waals surface area contributed by atoms with Crippen molar-refractivity contribution < 1.29 is 18.3 Å². The van der Waals surface area contributed by atoms with Gasteiger partial charge in [-0.3, -0.25) is 0 Å². The molecule has 1 N–H and O–H groups in total. The Morgan fingerprint density at radius 1 is 1.42 bits per heavy atom. The predicted molar refractivity (Wildman–Crippen MR) is 96.8 cm³/mol. The van der Waals surface area contributed by atoms with E-state index in [2.05, 4.69) is 17.1 Å². The number of benzene rings is 1. The molecule has 1 unspecified atom stereocenters. The average molecular weight is 367 g/mol.